The molecule has 0 heterocycles. The van der Waals surface area contributed by atoms with Crippen molar-refractivity contribution >= 4 is 22.7 Å². The minimum atomic E-state index is -0.551. The Bertz CT molecular complexity index is 1940. The topological polar surface area (TPSA) is 24.1 Å². The molecule has 1 spiro atoms. The van der Waals surface area contributed by atoms with E-state index in [-0.39, 0.29) is 11.6 Å². The Hall–Kier alpha value is -5.22. The van der Waals surface area contributed by atoms with Crippen LogP contribution in [0.25, 0.3) is 22.3 Å². The molecule has 0 fully saturated rings. The molecule has 2 nitrogen and oxygen atoms in total. The first kappa shape index (κ1) is 25.5. The highest BCUT2D eigenvalue weighted by Crippen LogP contribution is 2.63. The molecule has 8 rings (SSSR count). The molecular formula is C39H28F2N2. The van der Waals surface area contributed by atoms with Gasteiger partial charge < -0.3 is 10.6 Å². The summed E-state index contributed by atoms with van der Waals surface area (Å²) in [5.41, 5.74) is 13.5. The van der Waals surface area contributed by atoms with Gasteiger partial charge in [-0.1, -0.05) is 72.8 Å². The average Bonchev–Trinajstić information content (AvgIpc) is 3.47. The maximum Gasteiger partial charge on any atom is 0.128 e. The lowest BCUT2D eigenvalue weighted by molar-refractivity contribution is 0.619. The van der Waals surface area contributed by atoms with Crippen molar-refractivity contribution in [2.24, 2.45) is 0 Å². The molecule has 0 aliphatic heterocycles. The zero-order valence-corrected chi connectivity index (χ0v) is 23.8. The van der Waals surface area contributed by atoms with Gasteiger partial charge in [0.15, 0.2) is 0 Å². The van der Waals surface area contributed by atoms with Gasteiger partial charge in [0.05, 0.1) is 5.41 Å². The molecule has 2 aliphatic carbocycles. The van der Waals surface area contributed by atoms with Crippen molar-refractivity contribution in [1.82, 2.24) is 0 Å². The summed E-state index contributed by atoms with van der Waals surface area (Å²) >= 11 is 0. The van der Waals surface area contributed by atoms with E-state index in [1.54, 1.807) is 38.1 Å². The number of anilines is 4. The van der Waals surface area contributed by atoms with E-state index in [9.17, 15) is 8.78 Å². The van der Waals surface area contributed by atoms with E-state index in [4.69, 9.17) is 0 Å². The Morgan fingerprint density at radius 1 is 0.419 bits per heavy atom. The van der Waals surface area contributed by atoms with Crippen molar-refractivity contribution in [2.75, 3.05) is 10.6 Å². The number of rotatable bonds is 4. The van der Waals surface area contributed by atoms with Crippen molar-refractivity contribution in [3.8, 4) is 22.3 Å². The number of fused-ring (bicyclic) bond motifs is 10. The van der Waals surface area contributed by atoms with Gasteiger partial charge in [-0.25, -0.2) is 8.78 Å². The first-order valence-corrected chi connectivity index (χ1v) is 14.5. The van der Waals surface area contributed by atoms with E-state index in [1.165, 1.54) is 44.5 Å². The standard InChI is InChI=1S/C39H28F2N2/c1-23-11-13-27(21-37(23)40)42-25-15-17-31-29-7-3-5-9-33(29)39(35(31)19-25)34-10-6-4-8-30(34)32-18-16-26(20-36(32)39)43-28-14-12-24(2)38(41)22-28/h3-22,42-43H,1-2H3. The molecule has 0 saturated heterocycles. The Kier molecular flexibility index (Phi) is 5.57. The maximum absolute atomic E-state index is 14.4. The van der Waals surface area contributed by atoms with Gasteiger partial charge in [0.2, 0.25) is 0 Å². The number of aryl methyl sites for hydroxylation is 2. The highest BCUT2D eigenvalue weighted by atomic mass is 19.1. The third kappa shape index (κ3) is 3.76. The molecule has 0 unspecified atom stereocenters. The van der Waals surface area contributed by atoms with E-state index in [2.05, 4.69) is 95.6 Å². The van der Waals surface area contributed by atoms with E-state index >= 15 is 0 Å². The normalized spacial score (nSPS) is 13.3. The van der Waals surface area contributed by atoms with Gasteiger partial charge in [-0.15, -0.1) is 0 Å². The minimum absolute atomic E-state index is 0.234. The Morgan fingerprint density at radius 2 is 0.791 bits per heavy atom. The maximum atomic E-state index is 14.4. The highest BCUT2D eigenvalue weighted by molar-refractivity contribution is 5.96. The van der Waals surface area contributed by atoms with Gasteiger partial charge in [0.1, 0.15) is 11.6 Å². The second kappa shape index (κ2) is 9.40. The van der Waals surface area contributed by atoms with Crippen LogP contribution in [0.15, 0.2) is 121 Å². The SMILES string of the molecule is Cc1ccc(Nc2ccc3c(c2)C2(c4ccccc4-3)c3ccccc3-c3ccc(Nc4ccc(C)c(F)c4)cc32)cc1F. The van der Waals surface area contributed by atoms with Gasteiger partial charge >= 0.3 is 0 Å². The largest absolute Gasteiger partial charge is 0.355 e. The molecule has 6 aromatic rings. The molecule has 43 heavy (non-hydrogen) atoms. The fraction of sp³-hybridized carbons (Fsp3) is 0.0769. The third-order valence-corrected chi connectivity index (χ3v) is 9.01. The van der Waals surface area contributed by atoms with Crippen molar-refractivity contribution in [2.45, 2.75) is 19.3 Å². The summed E-state index contributed by atoms with van der Waals surface area (Å²) in [6.07, 6.45) is 0. The third-order valence-electron chi connectivity index (χ3n) is 9.01. The molecule has 2 N–H and O–H groups in total. The molecule has 2 aliphatic rings. The van der Waals surface area contributed by atoms with Crippen LogP contribution in [0.3, 0.4) is 0 Å². The van der Waals surface area contributed by atoms with Crippen molar-refractivity contribution in [3.05, 3.63) is 166 Å². The molecule has 4 heteroatoms. The van der Waals surface area contributed by atoms with Crippen molar-refractivity contribution < 1.29 is 8.78 Å². The van der Waals surface area contributed by atoms with Crippen LogP contribution in [0.4, 0.5) is 31.5 Å². The smallest absolute Gasteiger partial charge is 0.128 e. The Morgan fingerprint density at radius 3 is 1.23 bits per heavy atom. The quantitative estimate of drug-likeness (QED) is 0.223. The number of hydrogen-bond donors (Lipinski definition) is 2. The lowest BCUT2D eigenvalue weighted by atomic mass is 9.70. The van der Waals surface area contributed by atoms with Crippen molar-refractivity contribution in [3.63, 3.8) is 0 Å². The highest BCUT2D eigenvalue weighted by Gasteiger charge is 2.51. The zero-order valence-electron chi connectivity index (χ0n) is 23.8. The van der Waals surface area contributed by atoms with Crippen LogP contribution in [-0.4, -0.2) is 0 Å². The van der Waals surface area contributed by atoms with Gasteiger partial charge in [-0.2, -0.15) is 0 Å². The summed E-state index contributed by atoms with van der Waals surface area (Å²) < 4.78 is 28.8. The second-order valence-corrected chi connectivity index (χ2v) is 11.5. The van der Waals surface area contributed by atoms with Crippen LogP contribution in [0.2, 0.25) is 0 Å². The fourth-order valence-corrected chi connectivity index (χ4v) is 6.97. The summed E-state index contributed by atoms with van der Waals surface area (Å²) in [6, 6.07) is 40.7. The lowest BCUT2D eigenvalue weighted by Crippen LogP contribution is -2.26. The summed E-state index contributed by atoms with van der Waals surface area (Å²) in [4.78, 5) is 0. The minimum Gasteiger partial charge on any atom is -0.355 e. The van der Waals surface area contributed by atoms with Crippen LogP contribution in [-0.2, 0) is 5.41 Å². The monoisotopic (exact) mass is 562 g/mol. The molecule has 0 bridgehead atoms. The van der Waals surface area contributed by atoms with E-state index in [1.807, 2.05) is 12.1 Å². The van der Waals surface area contributed by atoms with Crippen LogP contribution < -0.4 is 10.6 Å². The van der Waals surface area contributed by atoms with E-state index < -0.39 is 5.41 Å². The van der Waals surface area contributed by atoms with Gasteiger partial charge in [-0.3, -0.25) is 0 Å². The predicted molar refractivity (Wildman–Crippen MR) is 172 cm³/mol. The molecule has 208 valence electrons. The Labute approximate surface area is 249 Å². The molecule has 0 aromatic heterocycles. The molecule has 6 aromatic carbocycles. The predicted octanol–water partition coefficient (Wildman–Crippen LogP) is 10.4. The molecule has 0 amide bonds. The second-order valence-electron chi connectivity index (χ2n) is 11.5. The lowest BCUT2D eigenvalue weighted by Gasteiger charge is -2.31. The molecule has 0 atom stereocenters. The van der Waals surface area contributed by atoms with Crippen molar-refractivity contribution in [1.29, 1.82) is 0 Å². The number of benzene rings is 6. The molecule has 0 radical (unpaired) electrons. The van der Waals surface area contributed by atoms with Crippen LogP contribution in [0.1, 0.15) is 33.4 Å². The summed E-state index contributed by atoms with van der Waals surface area (Å²) in [6.45, 7) is 3.53. The first-order valence-electron chi connectivity index (χ1n) is 14.5. The van der Waals surface area contributed by atoms with E-state index in [0.717, 1.165) is 11.4 Å². The van der Waals surface area contributed by atoms with Crippen LogP contribution in [0, 0.1) is 25.5 Å². The van der Waals surface area contributed by atoms with Gasteiger partial charge in [-0.05, 0) is 118 Å². The summed E-state index contributed by atoms with van der Waals surface area (Å²) in [5, 5.41) is 6.90. The fourth-order valence-electron chi connectivity index (χ4n) is 6.97. The average molecular weight is 563 g/mol. The first-order chi connectivity index (χ1) is 20.9. The zero-order chi connectivity index (χ0) is 29.3. The van der Waals surface area contributed by atoms with Crippen LogP contribution >= 0.6 is 0 Å². The van der Waals surface area contributed by atoms with E-state index in [0.29, 0.717) is 22.5 Å². The summed E-state index contributed by atoms with van der Waals surface area (Å²) in [7, 11) is 0. The Balaban J connectivity index is 1.34. The summed E-state index contributed by atoms with van der Waals surface area (Å²) in [5.74, 6) is -0.468. The molecular weight excluding hydrogens is 534 g/mol. The number of nitrogens with one attached hydrogen (secondary N) is 2. The molecule has 0 saturated carbocycles. The van der Waals surface area contributed by atoms with Crippen LogP contribution in [0.5, 0.6) is 0 Å². The van der Waals surface area contributed by atoms with Gasteiger partial charge in [0, 0.05) is 22.7 Å². The number of halogens is 2. The number of hydrogen-bond acceptors (Lipinski definition) is 2. The van der Waals surface area contributed by atoms with Gasteiger partial charge in [0.25, 0.3) is 0 Å².